The molecule has 3 aromatic carbocycles. The molecular formula is C35H39FO6. The standard InChI is InChI=1S/C35H39FO6/c1-6-7-8-9-25-10-12-26(13-11-25)29-15-16-30(33(32(29)36)42-35(39)24(4)5)27-14-17-31(40-21-19-37)28(22-27)18-20-41-34(38)23(2)3/h10-17,22,37H,2,4,6-9,18-21H2,1,3,5H3. The minimum atomic E-state index is -0.742. The number of carbonyl (C=O) groups excluding carboxylic acids is 2. The molecule has 0 radical (unpaired) electrons. The predicted molar refractivity (Wildman–Crippen MR) is 163 cm³/mol. The van der Waals surface area contributed by atoms with Gasteiger partial charge in [-0.1, -0.05) is 69.3 Å². The van der Waals surface area contributed by atoms with Gasteiger partial charge in [0.1, 0.15) is 12.4 Å². The summed E-state index contributed by atoms with van der Waals surface area (Å²) in [6.45, 7) is 12.4. The number of aliphatic hydroxyl groups is 1. The zero-order chi connectivity index (χ0) is 30.6. The number of ether oxygens (including phenoxy) is 3. The summed E-state index contributed by atoms with van der Waals surface area (Å²) >= 11 is 0. The molecule has 0 saturated carbocycles. The van der Waals surface area contributed by atoms with Crippen molar-refractivity contribution >= 4 is 11.9 Å². The molecule has 3 rings (SSSR count). The van der Waals surface area contributed by atoms with Gasteiger partial charge in [-0.05, 0) is 67.1 Å². The number of aryl methyl sites for hydroxylation is 1. The maximum absolute atomic E-state index is 16.2. The Morgan fingerprint density at radius 2 is 1.50 bits per heavy atom. The number of hydrogen-bond donors (Lipinski definition) is 1. The third kappa shape index (κ3) is 8.63. The molecular weight excluding hydrogens is 535 g/mol. The second-order valence-electron chi connectivity index (χ2n) is 10.2. The molecule has 0 amide bonds. The maximum atomic E-state index is 16.2. The van der Waals surface area contributed by atoms with Crippen molar-refractivity contribution in [2.24, 2.45) is 0 Å². The molecule has 0 aromatic heterocycles. The maximum Gasteiger partial charge on any atom is 0.338 e. The Kier molecular flexibility index (Phi) is 12.1. The number of benzene rings is 3. The van der Waals surface area contributed by atoms with E-state index < -0.39 is 17.8 Å². The molecule has 1 N–H and O–H groups in total. The molecule has 0 aliphatic heterocycles. The molecule has 6 nitrogen and oxygen atoms in total. The van der Waals surface area contributed by atoms with Gasteiger partial charge in [0, 0.05) is 28.7 Å². The molecule has 0 saturated heterocycles. The van der Waals surface area contributed by atoms with Crippen LogP contribution < -0.4 is 9.47 Å². The quantitative estimate of drug-likeness (QED) is 0.0881. The summed E-state index contributed by atoms with van der Waals surface area (Å²) in [7, 11) is 0. The van der Waals surface area contributed by atoms with Crippen molar-refractivity contribution in [1.29, 1.82) is 0 Å². The average Bonchev–Trinajstić information content (AvgIpc) is 2.97. The number of halogens is 1. The fourth-order valence-corrected chi connectivity index (χ4v) is 4.33. The first-order valence-corrected chi connectivity index (χ1v) is 14.1. The number of unbranched alkanes of at least 4 members (excludes halogenated alkanes) is 2. The highest BCUT2D eigenvalue weighted by molar-refractivity contribution is 5.91. The van der Waals surface area contributed by atoms with E-state index in [4.69, 9.17) is 14.2 Å². The molecule has 0 bridgehead atoms. The molecule has 0 aliphatic carbocycles. The molecule has 0 unspecified atom stereocenters. The first kappa shape index (κ1) is 32.3. The summed E-state index contributed by atoms with van der Waals surface area (Å²) in [5.74, 6) is -1.65. The number of carbonyl (C=O) groups is 2. The van der Waals surface area contributed by atoms with Gasteiger partial charge >= 0.3 is 11.9 Å². The topological polar surface area (TPSA) is 82.1 Å². The lowest BCUT2D eigenvalue weighted by Gasteiger charge is -2.17. The van der Waals surface area contributed by atoms with Crippen molar-refractivity contribution in [1.82, 2.24) is 0 Å². The Labute approximate surface area is 247 Å². The molecule has 222 valence electrons. The number of rotatable bonds is 15. The monoisotopic (exact) mass is 574 g/mol. The molecule has 0 heterocycles. The summed E-state index contributed by atoms with van der Waals surface area (Å²) in [5.41, 5.74) is 4.15. The Morgan fingerprint density at radius 3 is 2.14 bits per heavy atom. The summed E-state index contributed by atoms with van der Waals surface area (Å²) in [4.78, 5) is 24.4. The van der Waals surface area contributed by atoms with Crippen LogP contribution in [0.4, 0.5) is 4.39 Å². The van der Waals surface area contributed by atoms with E-state index in [1.54, 1.807) is 37.3 Å². The molecule has 0 fully saturated rings. The van der Waals surface area contributed by atoms with Gasteiger partial charge in [0.15, 0.2) is 11.6 Å². The van der Waals surface area contributed by atoms with E-state index in [1.807, 2.05) is 24.3 Å². The second kappa shape index (κ2) is 15.7. The van der Waals surface area contributed by atoms with Crippen LogP contribution in [0.5, 0.6) is 11.5 Å². The Morgan fingerprint density at radius 1 is 0.833 bits per heavy atom. The minimum absolute atomic E-state index is 0.0594. The van der Waals surface area contributed by atoms with Crippen LogP contribution >= 0.6 is 0 Å². The molecule has 0 spiro atoms. The Hall–Kier alpha value is -4.23. The lowest BCUT2D eigenvalue weighted by Crippen LogP contribution is -2.11. The van der Waals surface area contributed by atoms with E-state index in [0.717, 1.165) is 25.7 Å². The first-order chi connectivity index (χ1) is 20.2. The highest BCUT2D eigenvalue weighted by atomic mass is 19.1. The van der Waals surface area contributed by atoms with Crippen LogP contribution in [0.1, 0.15) is 51.2 Å². The first-order valence-electron chi connectivity index (χ1n) is 14.1. The van der Waals surface area contributed by atoms with Crippen molar-refractivity contribution < 1.29 is 33.3 Å². The predicted octanol–water partition coefficient (Wildman–Crippen LogP) is 7.41. The highest BCUT2D eigenvalue weighted by Gasteiger charge is 2.21. The van der Waals surface area contributed by atoms with Crippen LogP contribution in [-0.2, 0) is 27.2 Å². The molecule has 42 heavy (non-hydrogen) atoms. The van der Waals surface area contributed by atoms with Crippen molar-refractivity contribution in [3.05, 3.63) is 95.8 Å². The minimum Gasteiger partial charge on any atom is -0.491 e. The number of aliphatic hydroxyl groups excluding tert-OH is 1. The van der Waals surface area contributed by atoms with E-state index in [0.29, 0.717) is 40.0 Å². The number of esters is 2. The smallest absolute Gasteiger partial charge is 0.338 e. The van der Waals surface area contributed by atoms with E-state index in [-0.39, 0.29) is 36.7 Å². The lowest BCUT2D eigenvalue weighted by molar-refractivity contribution is -0.138. The van der Waals surface area contributed by atoms with Gasteiger partial charge in [0.05, 0.1) is 13.2 Å². The van der Waals surface area contributed by atoms with E-state index in [2.05, 4.69) is 20.1 Å². The van der Waals surface area contributed by atoms with Crippen LogP contribution in [0.15, 0.2) is 78.9 Å². The highest BCUT2D eigenvalue weighted by Crippen LogP contribution is 2.40. The zero-order valence-corrected chi connectivity index (χ0v) is 24.6. The third-order valence-corrected chi connectivity index (χ3v) is 6.65. The van der Waals surface area contributed by atoms with Crippen LogP contribution in [0.3, 0.4) is 0 Å². The fourth-order valence-electron chi connectivity index (χ4n) is 4.33. The summed E-state index contributed by atoms with van der Waals surface area (Å²) < 4.78 is 32.6. The van der Waals surface area contributed by atoms with Crippen LogP contribution in [0.2, 0.25) is 0 Å². The van der Waals surface area contributed by atoms with Gasteiger partial charge in [0.2, 0.25) is 0 Å². The van der Waals surface area contributed by atoms with Gasteiger partial charge in [-0.2, -0.15) is 0 Å². The Bertz CT molecular complexity index is 1420. The largest absolute Gasteiger partial charge is 0.491 e. The Balaban J connectivity index is 2.03. The molecule has 3 aromatic rings. The van der Waals surface area contributed by atoms with Crippen molar-refractivity contribution in [3.8, 4) is 33.8 Å². The van der Waals surface area contributed by atoms with Crippen molar-refractivity contribution in [3.63, 3.8) is 0 Å². The second-order valence-corrected chi connectivity index (χ2v) is 10.2. The van der Waals surface area contributed by atoms with Gasteiger partial charge in [-0.15, -0.1) is 0 Å². The van der Waals surface area contributed by atoms with Crippen LogP contribution in [-0.4, -0.2) is 36.9 Å². The van der Waals surface area contributed by atoms with Crippen molar-refractivity contribution in [2.45, 2.75) is 52.9 Å². The average molecular weight is 575 g/mol. The zero-order valence-electron chi connectivity index (χ0n) is 24.6. The SMILES string of the molecule is C=C(C)C(=O)OCCc1cc(-c2ccc(-c3ccc(CCCCC)cc3)c(F)c2OC(=O)C(=C)C)ccc1OCCO. The summed E-state index contributed by atoms with van der Waals surface area (Å²) in [6, 6.07) is 16.3. The van der Waals surface area contributed by atoms with Crippen LogP contribution in [0, 0.1) is 5.82 Å². The fraction of sp³-hybridized carbons (Fsp3) is 0.314. The van der Waals surface area contributed by atoms with Gasteiger partial charge < -0.3 is 19.3 Å². The number of hydrogen-bond acceptors (Lipinski definition) is 6. The summed E-state index contributed by atoms with van der Waals surface area (Å²) in [5, 5.41) is 9.24. The molecule has 0 atom stereocenters. The normalized spacial score (nSPS) is 10.7. The van der Waals surface area contributed by atoms with Crippen molar-refractivity contribution in [2.75, 3.05) is 19.8 Å². The van der Waals surface area contributed by atoms with Gasteiger partial charge in [-0.3, -0.25) is 0 Å². The van der Waals surface area contributed by atoms with E-state index in [1.165, 1.54) is 12.5 Å². The lowest BCUT2D eigenvalue weighted by atomic mass is 9.95. The van der Waals surface area contributed by atoms with E-state index >= 15 is 4.39 Å². The molecule has 7 heteroatoms. The van der Waals surface area contributed by atoms with E-state index in [9.17, 15) is 14.7 Å². The molecule has 0 aliphatic rings. The van der Waals surface area contributed by atoms with Crippen LogP contribution in [0.25, 0.3) is 22.3 Å². The summed E-state index contributed by atoms with van der Waals surface area (Å²) in [6.07, 6.45) is 4.65. The third-order valence-electron chi connectivity index (χ3n) is 6.65. The van der Waals surface area contributed by atoms with Gasteiger partial charge in [0.25, 0.3) is 0 Å². The van der Waals surface area contributed by atoms with Gasteiger partial charge in [-0.25, -0.2) is 14.0 Å².